The van der Waals surface area contributed by atoms with Crippen molar-refractivity contribution >= 4 is 37.4 Å². The lowest BCUT2D eigenvalue weighted by atomic mass is 10.1. The maximum absolute atomic E-state index is 12.5. The summed E-state index contributed by atoms with van der Waals surface area (Å²) in [5, 5.41) is 28.8. The summed E-state index contributed by atoms with van der Waals surface area (Å²) in [7, 11) is -6.22. The fraction of sp³-hybridized carbons (Fsp3) is 0.348. The second-order valence-electron chi connectivity index (χ2n) is 16.5. The first kappa shape index (κ1) is 39.0. The predicted octanol–water partition coefficient (Wildman–Crippen LogP) is 6.98. The van der Waals surface area contributed by atoms with Crippen LogP contribution in [0.3, 0.4) is 0 Å². The fourth-order valence-electron chi connectivity index (χ4n) is 8.33. The summed E-state index contributed by atoms with van der Waals surface area (Å²) in [6.07, 6.45) is -3.50. The molecule has 0 amide bonds. The molecule has 2 N–H and O–H groups in total. The van der Waals surface area contributed by atoms with Crippen LogP contribution in [-0.2, 0) is 20.2 Å². The summed E-state index contributed by atoms with van der Waals surface area (Å²) in [6.45, 7) is 13.8. The van der Waals surface area contributed by atoms with Gasteiger partial charge in [0.15, 0.2) is 0 Å². The van der Waals surface area contributed by atoms with Gasteiger partial charge in [0.2, 0.25) is 0 Å². The van der Waals surface area contributed by atoms with Crippen LogP contribution >= 0.6 is 0 Å². The van der Waals surface area contributed by atoms with E-state index in [2.05, 4.69) is 151 Å². The minimum absolute atomic E-state index is 0.322. The molecule has 278 valence electrons. The van der Waals surface area contributed by atoms with Gasteiger partial charge in [-0.2, -0.15) is 0 Å². The molecule has 1 fully saturated rings. The van der Waals surface area contributed by atoms with Crippen molar-refractivity contribution in [2.24, 2.45) is 0 Å². The van der Waals surface area contributed by atoms with Gasteiger partial charge in [0.1, 0.15) is 12.2 Å². The summed E-state index contributed by atoms with van der Waals surface area (Å²) in [5.74, 6) is 0. The Bertz CT molecular complexity index is 1650. The van der Waals surface area contributed by atoms with E-state index in [1.54, 1.807) is 0 Å². The average Bonchev–Trinajstić information content (AvgIpc) is 3.27. The Morgan fingerprint density at radius 3 is 1.04 bits per heavy atom. The SMILES string of the molecule is CC(C)(C)[Si](O[C@H]1CC(OCc2ccccc2)C[C@@H](O[Si](c2ccccc2)(c2ccccc2)C(C)(C)C)C(O)C1O)(c1ccccc1)c1ccccc1. The highest BCUT2D eigenvalue weighted by Gasteiger charge is 2.56. The van der Waals surface area contributed by atoms with Gasteiger partial charge in [-0.15, -0.1) is 0 Å². The van der Waals surface area contributed by atoms with Crippen molar-refractivity contribution in [3.05, 3.63) is 157 Å². The molecular formula is C46H56O5Si2. The van der Waals surface area contributed by atoms with Gasteiger partial charge in [-0.1, -0.05) is 193 Å². The highest BCUT2D eigenvalue weighted by molar-refractivity contribution is 7.00. The molecule has 7 heteroatoms. The Kier molecular flexibility index (Phi) is 12.1. The number of hydrogen-bond acceptors (Lipinski definition) is 5. The van der Waals surface area contributed by atoms with Gasteiger partial charge in [-0.3, -0.25) is 0 Å². The molecule has 0 radical (unpaired) electrons. The molecule has 5 aromatic carbocycles. The van der Waals surface area contributed by atoms with Gasteiger partial charge in [0, 0.05) is 12.8 Å². The second-order valence-corrected chi connectivity index (χ2v) is 25.0. The van der Waals surface area contributed by atoms with Crippen LogP contribution in [0.4, 0.5) is 0 Å². The Hall–Kier alpha value is -3.67. The van der Waals surface area contributed by atoms with Crippen LogP contribution in [-0.4, -0.2) is 57.4 Å². The Balaban J connectivity index is 1.46. The predicted molar refractivity (Wildman–Crippen MR) is 221 cm³/mol. The third-order valence-electron chi connectivity index (χ3n) is 10.9. The first-order valence-corrected chi connectivity index (χ1v) is 22.8. The van der Waals surface area contributed by atoms with Gasteiger partial charge >= 0.3 is 0 Å². The number of aliphatic hydroxyl groups excluding tert-OH is 2. The van der Waals surface area contributed by atoms with E-state index >= 15 is 0 Å². The molecule has 0 saturated heterocycles. The number of hydrogen-bond donors (Lipinski definition) is 2. The normalized spacial score (nSPS) is 21.5. The molecule has 5 atom stereocenters. The summed E-state index contributed by atoms with van der Waals surface area (Å²) in [4.78, 5) is 0. The molecule has 0 spiro atoms. The summed E-state index contributed by atoms with van der Waals surface area (Å²) < 4.78 is 21.9. The maximum Gasteiger partial charge on any atom is 0.261 e. The second kappa shape index (κ2) is 16.4. The molecule has 0 heterocycles. The van der Waals surface area contributed by atoms with Crippen molar-refractivity contribution < 1.29 is 23.8 Å². The highest BCUT2D eigenvalue weighted by Crippen LogP contribution is 2.42. The maximum atomic E-state index is 12.5. The number of aliphatic hydroxyl groups is 2. The van der Waals surface area contributed by atoms with Crippen molar-refractivity contribution in [2.45, 2.75) is 102 Å². The third kappa shape index (κ3) is 8.08. The first-order valence-electron chi connectivity index (χ1n) is 19.0. The van der Waals surface area contributed by atoms with Gasteiger partial charge in [0.25, 0.3) is 16.6 Å². The van der Waals surface area contributed by atoms with E-state index in [1.807, 2.05) is 42.5 Å². The quantitative estimate of drug-likeness (QED) is 0.113. The fourth-order valence-corrected chi connectivity index (χ4v) is 17.7. The summed E-state index contributed by atoms with van der Waals surface area (Å²) >= 11 is 0. The minimum Gasteiger partial charge on any atom is -0.402 e. The molecule has 53 heavy (non-hydrogen) atoms. The molecule has 1 aliphatic carbocycles. The van der Waals surface area contributed by atoms with Gasteiger partial charge < -0.3 is 23.8 Å². The zero-order valence-corrected chi connectivity index (χ0v) is 34.1. The number of benzene rings is 5. The number of rotatable bonds is 11. The van der Waals surface area contributed by atoms with Gasteiger partial charge in [-0.05, 0) is 36.4 Å². The van der Waals surface area contributed by atoms with E-state index in [9.17, 15) is 10.2 Å². The molecule has 5 aromatic rings. The Morgan fingerprint density at radius 2 is 0.755 bits per heavy atom. The van der Waals surface area contributed by atoms with Gasteiger partial charge in [-0.25, -0.2) is 0 Å². The van der Waals surface area contributed by atoms with Crippen molar-refractivity contribution in [1.29, 1.82) is 0 Å². The molecule has 0 aliphatic heterocycles. The van der Waals surface area contributed by atoms with E-state index in [0.29, 0.717) is 19.4 Å². The van der Waals surface area contributed by atoms with E-state index in [0.717, 1.165) is 26.3 Å². The van der Waals surface area contributed by atoms with Crippen LogP contribution in [0.15, 0.2) is 152 Å². The lowest BCUT2D eigenvalue weighted by molar-refractivity contribution is -0.0861. The van der Waals surface area contributed by atoms with Crippen LogP contribution in [0.1, 0.15) is 59.9 Å². The van der Waals surface area contributed by atoms with E-state index in [1.165, 1.54) is 0 Å². The average molecular weight is 745 g/mol. The largest absolute Gasteiger partial charge is 0.402 e. The summed E-state index contributed by atoms with van der Waals surface area (Å²) in [6, 6.07) is 52.0. The van der Waals surface area contributed by atoms with Crippen molar-refractivity contribution in [2.75, 3.05) is 0 Å². The van der Waals surface area contributed by atoms with Crippen LogP contribution in [0.2, 0.25) is 10.1 Å². The Morgan fingerprint density at radius 1 is 0.472 bits per heavy atom. The lowest BCUT2D eigenvalue weighted by Gasteiger charge is -2.47. The third-order valence-corrected chi connectivity index (χ3v) is 21.0. The molecule has 3 unspecified atom stereocenters. The topological polar surface area (TPSA) is 68.2 Å². The molecular weight excluding hydrogens is 689 g/mol. The molecule has 6 rings (SSSR count). The van der Waals surface area contributed by atoms with Crippen molar-refractivity contribution in [3.63, 3.8) is 0 Å². The van der Waals surface area contributed by atoms with E-state index in [-0.39, 0.29) is 16.2 Å². The molecule has 0 aromatic heterocycles. The van der Waals surface area contributed by atoms with Crippen LogP contribution in [0.25, 0.3) is 0 Å². The zero-order chi connectivity index (χ0) is 37.7. The van der Waals surface area contributed by atoms with Crippen molar-refractivity contribution in [3.8, 4) is 0 Å². The standard InChI is InChI=1S/C46H56O5Si2/c1-45(2,3)52(37-24-14-8-15-25-37,38-26-16-9-17-27-38)50-41-32-36(49-34-35-22-12-7-13-23-35)33-42(44(48)43(41)47)51-53(46(4,5)6,39-28-18-10-19-29-39)40-30-20-11-21-31-40/h7-31,36,41-44,47-48H,32-34H2,1-6H3/t36?,41-,42+,43?,44?. The van der Waals surface area contributed by atoms with Crippen LogP contribution < -0.4 is 20.7 Å². The molecule has 1 aliphatic rings. The number of ether oxygens (including phenoxy) is 1. The summed E-state index contributed by atoms with van der Waals surface area (Å²) in [5.41, 5.74) is 1.06. The minimum atomic E-state index is -3.11. The zero-order valence-electron chi connectivity index (χ0n) is 32.1. The monoisotopic (exact) mass is 744 g/mol. The highest BCUT2D eigenvalue weighted by atomic mass is 28.4. The smallest absolute Gasteiger partial charge is 0.261 e. The van der Waals surface area contributed by atoms with Crippen LogP contribution in [0, 0.1) is 0 Å². The molecule has 5 nitrogen and oxygen atoms in total. The Labute approximate surface area is 318 Å². The molecule has 1 saturated carbocycles. The lowest BCUT2D eigenvalue weighted by Crippen LogP contribution is -2.70. The molecule has 0 bridgehead atoms. The van der Waals surface area contributed by atoms with E-state index < -0.39 is 41.1 Å². The van der Waals surface area contributed by atoms with E-state index in [4.69, 9.17) is 13.6 Å². The first-order chi connectivity index (χ1) is 25.4. The van der Waals surface area contributed by atoms with Crippen molar-refractivity contribution in [1.82, 2.24) is 0 Å². The van der Waals surface area contributed by atoms with Gasteiger partial charge in [0.05, 0.1) is 24.9 Å². The van der Waals surface area contributed by atoms with Crippen LogP contribution in [0.5, 0.6) is 0 Å².